The van der Waals surface area contributed by atoms with Crippen molar-refractivity contribution in [2.45, 2.75) is 26.9 Å². The maximum Gasteiger partial charge on any atom is 0.411 e. The minimum Gasteiger partial charge on any atom is -0.445 e. The number of hydrogen-bond acceptors (Lipinski definition) is 3. The van der Waals surface area contributed by atoms with Crippen molar-refractivity contribution in [2.75, 3.05) is 25.0 Å². The van der Waals surface area contributed by atoms with E-state index in [-0.39, 0.29) is 6.10 Å². The first-order valence-electron chi connectivity index (χ1n) is 6.51. The van der Waals surface area contributed by atoms with Crippen LogP contribution in [-0.2, 0) is 4.74 Å². The number of amides is 1. The molecule has 0 unspecified atom stereocenters. The molecule has 0 aliphatic carbocycles. The van der Waals surface area contributed by atoms with Gasteiger partial charge in [0, 0.05) is 6.54 Å². The number of nitrogens with zero attached hydrogens (tertiary/aromatic N) is 1. The molecule has 1 atom stereocenters. The number of carbonyl (C=O) groups excluding carboxylic acids is 1. The molecular formula is C14H21ClN2O2. The summed E-state index contributed by atoms with van der Waals surface area (Å²) in [6.45, 7) is 8.65. The van der Waals surface area contributed by atoms with E-state index in [0.29, 0.717) is 10.7 Å². The van der Waals surface area contributed by atoms with Crippen LogP contribution in [0.2, 0.25) is 5.02 Å². The molecule has 5 heteroatoms. The Morgan fingerprint density at radius 3 is 2.58 bits per heavy atom. The van der Waals surface area contributed by atoms with Gasteiger partial charge in [0.2, 0.25) is 0 Å². The minimum atomic E-state index is -0.479. The van der Waals surface area contributed by atoms with Crippen molar-refractivity contribution in [1.82, 2.24) is 4.90 Å². The Kier molecular flexibility index (Phi) is 6.67. The number of ether oxygens (including phenoxy) is 1. The highest BCUT2D eigenvalue weighted by molar-refractivity contribution is 6.33. The van der Waals surface area contributed by atoms with Crippen LogP contribution in [0.3, 0.4) is 0 Å². The van der Waals surface area contributed by atoms with Crippen molar-refractivity contribution in [3.8, 4) is 0 Å². The van der Waals surface area contributed by atoms with E-state index in [4.69, 9.17) is 16.3 Å². The summed E-state index contributed by atoms with van der Waals surface area (Å²) in [5.41, 5.74) is 0.559. The first kappa shape index (κ1) is 15.8. The third kappa shape index (κ3) is 5.49. The Balaban J connectivity index is 2.45. The monoisotopic (exact) mass is 284 g/mol. The predicted molar refractivity (Wildman–Crippen MR) is 78.8 cm³/mol. The van der Waals surface area contributed by atoms with E-state index >= 15 is 0 Å². The number of rotatable bonds is 6. The molecule has 0 saturated heterocycles. The fourth-order valence-electron chi connectivity index (χ4n) is 1.77. The van der Waals surface area contributed by atoms with Crippen LogP contribution in [0, 0.1) is 0 Å². The number of para-hydroxylation sites is 1. The zero-order chi connectivity index (χ0) is 14.3. The lowest BCUT2D eigenvalue weighted by Crippen LogP contribution is -2.34. The molecule has 106 valence electrons. The minimum absolute atomic E-state index is 0.164. The standard InChI is InChI=1S/C14H21ClN2O2/c1-4-17(5-2)10-11(3)19-14(18)16-13-9-7-6-8-12(13)15/h6-9,11H,4-5,10H2,1-3H3,(H,16,18)/t11-/m1/s1. The Hall–Kier alpha value is -1.26. The Bertz CT molecular complexity index is 408. The number of likely N-dealkylation sites (N-methyl/N-ethyl adjacent to an activating group) is 1. The fraction of sp³-hybridized carbons (Fsp3) is 0.500. The smallest absolute Gasteiger partial charge is 0.411 e. The molecule has 4 nitrogen and oxygen atoms in total. The molecule has 0 spiro atoms. The topological polar surface area (TPSA) is 41.6 Å². The number of nitrogens with one attached hydrogen (secondary N) is 1. The van der Waals surface area contributed by atoms with Gasteiger partial charge in [-0.1, -0.05) is 37.6 Å². The van der Waals surface area contributed by atoms with Crippen LogP contribution < -0.4 is 5.32 Å². The van der Waals surface area contributed by atoms with Crippen molar-refractivity contribution >= 4 is 23.4 Å². The van der Waals surface area contributed by atoms with Gasteiger partial charge in [0.25, 0.3) is 0 Å². The molecule has 1 rings (SSSR count). The zero-order valence-electron chi connectivity index (χ0n) is 11.6. The van der Waals surface area contributed by atoms with E-state index in [0.717, 1.165) is 19.6 Å². The summed E-state index contributed by atoms with van der Waals surface area (Å²) < 4.78 is 5.29. The van der Waals surface area contributed by atoms with Gasteiger partial charge in [0.15, 0.2) is 0 Å². The molecule has 0 bridgehead atoms. The predicted octanol–water partition coefficient (Wildman–Crippen LogP) is 3.62. The number of anilines is 1. The second kappa shape index (κ2) is 8.02. The lowest BCUT2D eigenvalue weighted by molar-refractivity contribution is 0.0929. The van der Waals surface area contributed by atoms with Crippen molar-refractivity contribution in [3.05, 3.63) is 29.3 Å². The van der Waals surface area contributed by atoms with Crippen molar-refractivity contribution in [3.63, 3.8) is 0 Å². The number of benzene rings is 1. The van der Waals surface area contributed by atoms with Gasteiger partial charge in [-0.3, -0.25) is 5.32 Å². The van der Waals surface area contributed by atoms with Gasteiger partial charge in [0.05, 0.1) is 10.7 Å². The van der Waals surface area contributed by atoms with E-state index < -0.39 is 6.09 Å². The molecule has 19 heavy (non-hydrogen) atoms. The van der Waals surface area contributed by atoms with E-state index in [1.165, 1.54) is 0 Å². The summed E-state index contributed by atoms with van der Waals surface area (Å²) in [5.74, 6) is 0. The first-order chi connectivity index (χ1) is 9.06. The molecule has 1 N–H and O–H groups in total. The Morgan fingerprint density at radius 1 is 1.37 bits per heavy atom. The average Bonchev–Trinajstić information content (AvgIpc) is 2.38. The van der Waals surface area contributed by atoms with Gasteiger partial charge in [-0.25, -0.2) is 4.79 Å². The lowest BCUT2D eigenvalue weighted by atomic mass is 10.3. The van der Waals surface area contributed by atoms with Crippen LogP contribution >= 0.6 is 11.6 Å². The summed E-state index contributed by atoms with van der Waals surface area (Å²) in [7, 11) is 0. The highest BCUT2D eigenvalue weighted by atomic mass is 35.5. The molecule has 1 aromatic rings. The van der Waals surface area contributed by atoms with Crippen molar-refractivity contribution < 1.29 is 9.53 Å². The molecule has 0 heterocycles. The van der Waals surface area contributed by atoms with E-state index in [2.05, 4.69) is 24.1 Å². The first-order valence-corrected chi connectivity index (χ1v) is 6.89. The number of halogens is 1. The summed E-state index contributed by atoms with van der Waals surface area (Å²) in [5, 5.41) is 3.13. The van der Waals surface area contributed by atoms with E-state index in [1.54, 1.807) is 18.2 Å². The second-order valence-electron chi connectivity index (χ2n) is 4.31. The van der Waals surface area contributed by atoms with Crippen LogP contribution in [-0.4, -0.2) is 36.7 Å². The van der Waals surface area contributed by atoms with Crippen LogP contribution in [0.25, 0.3) is 0 Å². The molecular weight excluding hydrogens is 264 g/mol. The number of carbonyl (C=O) groups is 1. The van der Waals surface area contributed by atoms with Crippen LogP contribution in [0.4, 0.5) is 10.5 Å². The Morgan fingerprint density at radius 2 is 2.00 bits per heavy atom. The van der Waals surface area contributed by atoms with Gasteiger partial charge in [0.1, 0.15) is 6.10 Å². The van der Waals surface area contributed by atoms with Gasteiger partial charge in [-0.05, 0) is 32.1 Å². The Labute approximate surface area is 119 Å². The van der Waals surface area contributed by atoms with E-state index in [1.807, 2.05) is 13.0 Å². The highest BCUT2D eigenvalue weighted by Gasteiger charge is 2.13. The summed E-state index contributed by atoms with van der Waals surface area (Å²) in [6, 6.07) is 7.07. The quantitative estimate of drug-likeness (QED) is 0.867. The molecule has 0 aliphatic rings. The van der Waals surface area contributed by atoms with Crippen molar-refractivity contribution in [2.24, 2.45) is 0 Å². The normalized spacial score (nSPS) is 12.3. The molecule has 0 saturated carbocycles. The van der Waals surface area contributed by atoms with Gasteiger partial charge < -0.3 is 9.64 Å². The molecule has 0 aliphatic heterocycles. The maximum absolute atomic E-state index is 11.7. The van der Waals surface area contributed by atoms with Gasteiger partial charge >= 0.3 is 6.09 Å². The molecule has 0 fully saturated rings. The van der Waals surface area contributed by atoms with Crippen molar-refractivity contribution in [1.29, 1.82) is 0 Å². The third-order valence-corrected chi connectivity index (χ3v) is 3.16. The maximum atomic E-state index is 11.7. The summed E-state index contributed by atoms with van der Waals surface area (Å²) in [6.07, 6.45) is -0.643. The van der Waals surface area contributed by atoms with E-state index in [9.17, 15) is 4.79 Å². The van der Waals surface area contributed by atoms with Crippen LogP contribution in [0.1, 0.15) is 20.8 Å². The SMILES string of the molecule is CCN(CC)C[C@@H](C)OC(=O)Nc1ccccc1Cl. The summed E-state index contributed by atoms with van der Waals surface area (Å²) in [4.78, 5) is 13.9. The van der Waals surface area contributed by atoms with Crippen LogP contribution in [0.5, 0.6) is 0 Å². The molecule has 0 aromatic heterocycles. The summed E-state index contributed by atoms with van der Waals surface area (Å²) >= 11 is 5.96. The average molecular weight is 285 g/mol. The second-order valence-corrected chi connectivity index (χ2v) is 4.71. The zero-order valence-corrected chi connectivity index (χ0v) is 12.4. The van der Waals surface area contributed by atoms with Gasteiger partial charge in [-0.15, -0.1) is 0 Å². The molecule has 1 aromatic carbocycles. The third-order valence-electron chi connectivity index (χ3n) is 2.83. The highest BCUT2D eigenvalue weighted by Crippen LogP contribution is 2.20. The van der Waals surface area contributed by atoms with Crippen LogP contribution in [0.15, 0.2) is 24.3 Å². The molecule has 1 amide bonds. The number of hydrogen-bond donors (Lipinski definition) is 1. The molecule has 0 radical (unpaired) electrons. The van der Waals surface area contributed by atoms with Gasteiger partial charge in [-0.2, -0.15) is 0 Å². The largest absolute Gasteiger partial charge is 0.445 e. The lowest BCUT2D eigenvalue weighted by Gasteiger charge is -2.22. The fourth-order valence-corrected chi connectivity index (χ4v) is 1.95.